The van der Waals surface area contributed by atoms with Crippen LogP contribution in [0.5, 0.6) is 0 Å². The molecule has 2 rings (SSSR count). The number of rotatable bonds is 3. The maximum absolute atomic E-state index is 10.4. The van der Waals surface area contributed by atoms with Crippen molar-refractivity contribution >= 4 is 0 Å². The highest BCUT2D eigenvalue weighted by Crippen LogP contribution is 2.35. The van der Waals surface area contributed by atoms with Crippen molar-refractivity contribution < 1.29 is 5.11 Å². The van der Waals surface area contributed by atoms with Crippen molar-refractivity contribution in [3.8, 4) is 0 Å². The second-order valence-corrected chi connectivity index (χ2v) is 6.22. The van der Waals surface area contributed by atoms with Crippen LogP contribution in [0.4, 0.5) is 0 Å². The molecule has 1 saturated heterocycles. The van der Waals surface area contributed by atoms with E-state index in [1.54, 1.807) is 0 Å². The van der Waals surface area contributed by atoms with Crippen LogP contribution in [0.25, 0.3) is 0 Å². The smallest absolute Gasteiger partial charge is 0.0774 e. The zero-order valence-corrected chi connectivity index (χ0v) is 11.6. The average Bonchev–Trinajstić information content (AvgIpc) is 2.68. The van der Waals surface area contributed by atoms with E-state index < -0.39 is 5.60 Å². The summed E-state index contributed by atoms with van der Waals surface area (Å²) < 4.78 is 0. The first-order valence-electron chi connectivity index (χ1n) is 7.18. The lowest BCUT2D eigenvalue weighted by Crippen LogP contribution is -2.51. The molecule has 0 amide bonds. The lowest BCUT2D eigenvalue weighted by atomic mass is 9.88. The first-order valence-corrected chi connectivity index (χ1v) is 7.18. The van der Waals surface area contributed by atoms with Gasteiger partial charge in [-0.15, -0.1) is 0 Å². The molecule has 0 aromatic carbocycles. The molecule has 2 aliphatic rings. The van der Waals surface area contributed by atoms with Gasteiger partial charge < -0.3 is 10.4 Å². The molecule has 1 heterocycles. The van der Waals surface area contributed by atoms with E-state index in [4.69, 9.17) is 0 Å². The summed E-state index contributed by atoms with van der Waals surface area (Å²) in [6.45, 7) is 6.63. The van der Waals surface area contributed by atoms with E-state index in [1.165, 1.54) is 25.7 Å². The van der Waals surface area contributed by atoms with E-state index in [9.17, 15) is 5.11 Å². The van der Waals surface area contributed by atoms with E-state index in [-0.39, 0.29) is 0 Å². The predicted octanol–water partition coefficient (Wildman–Crippen LogP) is 1.61. The van der Waals surface area contributed by atoms with Gasteiger partial charge in [-0.25, -0.2) is 0 Å². The summed E-state index contributed by atoms with van der Waals surface area (Å²) in [6.07, 6.45) is 5.89. The van der Waals surface area contributed by atoms with Crippen LogP contribution < -0.4 is 5.32 Å². The fourth-order valence-electron chi connectivity index (χ4n) is 3.67. The minimum Gasteiger partial charge on any atom is -0.389 e. The zero-order chi connectivity index (χ0) is 12.5. The lowest BCUT2D eigenvalue weighted by Gasteiger charge is -2.42. The molecule has 2 fully saturated rings. The number of piperidine rings is 1. The van der Waals surface area contributed by atoms with E-state index in [1.807, 2.05) is 6.92 Å². The summed E-state index contributed by atoms with van der Waals surface area (Å²) in [5.41, 5.74) is -0.443. The molecule has 3 atom stereocenters. The Balaban J connectivity index is 1.87. The summed E-state index contributed by atoms with van der Waals surface area (Å²) in [5.74, 6) is 0.808. The predicted molar refractivity (Wildman–Crippen MR) is 71.1 cm³/mol. The zero-order valence-electron chi connectivity index (χ0n) is 11.6. The van der Waals surface area contributed by atoms with Gasteiger partial charge in [-0.1, -0.05) is 0 Å². The molecule has 0 aromatic rings. The normalized spacial score (nSPS) is 38.5. The number of hydrogen-bond acceptors (Lipinski definition) is 3. The molecular formula is C14H28N2O. The lowest BCUT2D eigenvalue weighted by molar-refractivity contribution is -0.0255. The van der Waals surface area contributed by atoms with E-state index in [0.717, 1.165) is 25.4 Å². The van der Waals surface area contributed by atoms with Crippen LogP contribution in [0, 0.1) is 5.92 Å². The number of likely N-dealkylation sites (tertiary alicyclic amines) is 1. The number of hydrogen-bond donors (Lipinski definition) is 2. The van der Waals surface area contributed by atoms with Gasteiger partial charge >= 0.3 is 0 Å². The molecule has 0 spiro atoms. The molecule has 1 aliphatic heterocycles. The van der Waals surface area contributed by atoms with Crippen LogP contribution in [0.1, 0.15) is 46.0 Å². The molecule has 3 heteroatoms. The molecule has 1 saturated carbocycles. The van der Waals surface area contributed by atoms with Gasteiger partial charge in [-0.05, 0) is 72.0 Å². The number of nitrogens with zero attached hydrogens (tertiary/aromatic N) is 1. The second kappa shape index (κ2) is 5.25. The van der Waals surface area contributed by atoms with Gasteiger partial charge in [0.15, 0.2) is 0 Å². The Hall–Kier alpha value is -0.120. The van der Waals surface area contributed by atoms with Gasteiger partial charge in [0.25, 0.3) is 0 Å². The topological polar surface area (TPSA) is 35.5 Å². The van der Waals surface area contributed by atoms with Crippen molar-refractivity contribution in [1.29, 1.82) is 0 Å². The Kier molecular flexibility index (Phi) is 4.11. The maximum atomic E-state index is 10.4. The highest BCUT2D eigenvalue weighted by atomic mass is 16.3. The minimum absolute atomic E-state index is 0.411. The molecule has 3 nitrogen and oxygen atoms in total. The Labute approximate surface area is 106 Å². The summed E-state index contributed by atoms with van der Waals surface area (Å²) in [4.78, 5) is 2.53. The molecule has 1 aliphatic carbocycles. The van der Waals surface area contributed by atoms with Crippen LogP contribution in [-0.4, -0.2) is 47.8 Å². The van der Waals surface area contributed by atoms with E-state index >= 15 is 0 Å². The van der Waals surface area contributed by atoms with Crippen molar-refractivity contribution in [3.05, 3.63) is 0 Å². The quantitative estimate of drug-likeness (QED) is 0.787. The van der Waals surface area contributed by atoms with E-state index in [0.29, 0.717) is 12.1 Å². The fourth-order valence-corrected chi connectivity index (χ4v) is 3.67. The van der Waals surface area contributed by atoms with Crippen molar-refractivity contribution in [1.82, 2.24) is 10.2 Å². The summed E-state index contributed by atoms with van der Waals surface area (Å²) in [5, 5.41) is 13.7. The SMILES string of the molecule is CNC(C)C1CCN(C2CCCC2(C)O)CC1. The summed E-state index contributed by atoms with van der Waals surface area (Å²) in [7, 11) is 2.05. The van der Waals surface area contributed by atoms with Gasteiger partial charge in [0.05, 0.1) is 5.60 Å². The van der Waals surface area contributed by atoms with Crippen LogP contribution in [0.15, 0.2) is 0 Å². The van der Waals surface area contributed by atoms with Gasteiger partial charge in [-0.2, -0.15) is 0 Å². The summed E-state index contributed by atoms with van der Waals surface area (Å²) in [6, 6.07) is 1.04. The summed E-state index contributed by atoms with van der Waals surface area (Å²) >= 11 is 0. The van der Waals surface area contributed by atoms with Crippen molar-refractivity contribution in [2.75, 3.05) is 20.1 Å². The molecule has 0 radical (unpaired) electrons. The van der Waals surface area contributed by atoms with Crippen LogP contribution in [-0.2, 0) is 0 Å². The van der Waals surface area contributed by atoms with Crippen LogP contribution in [0.3, 0.4) is 0 Å². The second-order valence-electron chi connectivity index (χ2n) is 6.22. The Morgan fingerprint density at radius 1 is 1.29 bits per heavy atom. The minimum atomic E-state index is -0.443. The van der Waals surface area contributed by atoms with Gasteiger partial charge in [0.1, 0.15) is 0 Å². The first kappa shape index (κ1) is 13.3. The third-order valence-corrected chi connectivity index (χ3v) is 5.06. The average molecular weight is 240 g/mol. The highest BCUT2D eigenvalue weighted by molar-refractivity contribution is 4.96. The highest BCUT2D eigenvalue weighted by Gasteiger charge is 2.41. The molecular weight excluding hydrogens is 212 g/mol. The monoisotopic (exact) mass is 240 g/mol. The van der Waals surface area contributed by atoms with Gasteiger partial charge in [-0.3, -0.25) is 4.90 Å². The van der Waals surface area contributed by atoms with Crippen molar-refractivity contribution in [2.45, 2.75) is 63.6 Å². The van der Waals surface area contributed by atoms with E-state index in [2.05, 4.69) is 24.2 Å². The molecule has 2 N–H and O–H groups in total. The fraction of sp³-hybridized carbons (Fsp3) is 1.00. The number of nitrogens with one attached hydrogen (secondary N) is 1. The number of aliphatic hydroxyl groups is 1. The molecule has 0 bridgehead atoms. The van der Waals surface area contributed by atoms with Crippen LogP contribution in [0.2, 0.25) is 0 Å². The van der Waals surface area contributed by atoms with Crippen molar-refractivity contribution in [2.24, 2.45) is 5.92 Å². The maximum Gasteiger partial charge on any atom is 0.0774 e. The standard InChI is InChI=1S/C14H28N2O/c1-11(15-3)12-6-9-16(10-7-12)13-5-4-8-14(13,2)17/h11-13,15,17H,4-10H2,1-3H3. The Morgan fingerprint density at radius 3 is 2.41 bits per heavy atom. The van der Waals surface area contributed by atoms with Crippen molar-refractivity contribution in [3.63, 3.8) is 0 Å². The first-order chi connectivity index (χ1) is 8.04. The largest absolute Gasteiger partial charge is 0.389 e. The molecule has 0 aromatic heterocycles. The Morgan fingerprint density at radius 2 is 1.94 bits per heavy atom. The molecule has 3 unspecified atom stereocenters. The third kappa shape index (κ3) is 2.83. The third-order valence-electron chi connectivity index (χ3n) is 5.06. The molecule has 17 heavy (non-hydrogen) atoms. The molecule has 100 valence electrons. The van der Waals surface area contributed by atoms with Gasteiger partial charge in [0.2, 0.25) is 0 Å². The Bertz CT molecular complexity index is 247. The van der Waals surface area contributed by atoms with Crippen LogP contribution >= 0.6 is 0 Å². The van der Waals surface area contributed by atoms with Gasteiger partial charge in [0, 0.05) is 12.1 Å².